The van der Waals surface area contributed by atoms with Gasteiger partial charge in [0.1, 0.15) is 6.54 Å². The van der Waals surface area contributed by atoms with E-state index in [2.05, 4.69) is 0 Å². The molecule has 0 unspecified atom stereocenters. The molecular formula is C15H13N3O8S. The number of sulfonamides is 1. The van der Waals surface area contributed by atoms with Gasteiger partial charge in [-0.3, -0.25) is 29.3 Å². The lowest BCUT2D eigenvalue weighted by molar-refractivity contribution is -0.385. The van der Waals surface area contributed by atoms with Crippen LogP contribution in [0.5, 0.6) is 0 Å². The summed E-state index contributed by atoms with van der Waals surface area (Å²) in [5.41, 5.74) is -1.03. The highest BCUT2D eigenvalue weighted by Crippen LogP contribution is 2.30. The Morgan fingerprint density at radius 3 is 2.22 bits per heavy atom. The van der Waals surface area contributed by atoms with E-state index >= 15 is 0 Å². The van der Waals surface area contributed by atoms with E-state index < -0.39 is 48.7 Å². The molecule has 0 spiro atoms. The van der Waals surface area contributed by atoms with Crippen LogP contribution in [0, 0.1) is 27.2 Å². The molecule has 0 saturated heterocycles. The highest BCUT2D eigenvalue weighted by Gasteiger charge is 2.30. The van der Waals surface area contributed by atoms with Crippen LogP contribution in [0.2, 0.25) is 0 Å². The summed E-state index contributed by atoms with van der Waals surface area (Å²) in [5.74, 6) is -1.51. The summed E-state index contributed by atoms with van der Waals surface area (Å²) in [7, 11) is -4.55. The van der Waals surface area contributed by atoms with E-state index in [4.69, 9.17) is 5.11 Å². The number of rotatable bonds is 7. The fourth-order valence-electron chi connectivity index (χ4n) is 2.30. The first-order chi connectivity index (χ1) is 12.5. The summed E-state index contributed by atoms with van der Waals surface area (Å²) >= 11 is 0. The van der Waals surface area contributed by atoms with Crippen LogP contribution < -0.4 is 4.31 Å². The highest BCUT2D eigenvalue weighted by atomic mass is 32.2. The molecule has 0 aliphatic rings. The number of aliphatic carboxylic acids is 1. The monoisotopic (exact) mass is 395 g/mol. The fraction of sp³-hybridized carbons (Fsp3) is 0.133. The van der Waals surface area contributed by atoms with Crippen molar-refractivity contribution in [3.63, 3.8) is 0 Å². The van der Waals surface area contributed by atoms with Crippen molar-refractivity contribution in [3.05, 3.63) is 68.3 Å². The molecule has 0 heterocycles. The van der Waals surface area contributed by atoms with Gasteiger partial charge in [-0.1, -0.05) is 12.1 Å². The molecule has 142 valence electrons. The van der Waals surface area contributed by atoms with Crippen molar-refractivity contribution >= 4 is 33.1 Å². The fourth-order valence-corrected chi connectivity index (χ4v) is 3.95. The van der Waals surface area contributed by atoms with Gasteiger partial charge in [0.05, 0.1) is 20.4 Å². The van der Waals surface area contributed by atoms with Gasteiger partial charge in [0.25, 0.3) is 21.4 Å². The number of carboxylic acids is 1. The first-order valence-electron chi connectivity index (χ1n) is 7.28. The van der Waals surface area contributed by atoms with E-state index in [0.717, 1.165) is 24.3 Å². The Hall–Kier alpha value is -3.54. The van der Waals surface area contributed by atoms with Crippen LogP contribution in [0.1, 0.15) is 5.56 Å². The summed E-state index contributed by atoms with van der Waals surface area (Å²) in [6.07, 6.45) is 0. The van der Waals surface area contributed by atoms with Gasteiger partial charge in [0.2, 0.25) is 0 Å². The van der Waals surface area contributed by atoms with E-state index in [1.807, 2.05) is 0 Å². The van der Waals surface area contributed by atoms with Gasteiger partial charge in [-0.2, -0.15) is 0 Å². The number of aryl methyl sites for hydroxylation is 1. The number of anilines is 1. The smallest absolute Gasteiger partial charge is 0.324 e. The summed E-state index contributed by atoms with van der Waals surface area (Å²) in [6, 6.07) is 7.58. The standard InChI is InChI=1S/C15H13N3O8S/c1-10-5-6-13(18(23)24)8-14(10)27(25,26)16(9-15(19)20)11-3-2-4-12(7-11)17(21)22/h2-8H,9H2,1H3,(H,19,20). The van der Waals surface area contributed by atoms with Crippen LogP contribution in [0.15, 0.2) is 47.4 Å². The minimum absolute atomic E-state index is 0.154. The number of non-ortho nitro benzene ring substituents is 2. The quantitative estimate of drug-likeness (QED) is 0.550. The van der Waals surface area contributed by atoms with Gasteiger partial charge < -0.3 is 5.11 Å². The molecule has 11 nitrogen and oxygen atoms in total. The van der Waals surface area contributed by atoms with Crippen LogP contribution in [0.4, 0.5) is 17.1 Å². The van der Waals surface area contributed by atoms with Crippen molar-refractivity contribution in [2.45, 2.75) is 11.8 Å². The lowest BCUT2D eigenvalue weighted by Gasteiger charge is -2.23. The number of carbonyl (C=O) groups is 1. The van der Waals surface area contributed by atoms with Crippen molar-refractivity contribution in [2.24, 2.45) is 0 Å². The third kappa shape index (κ3) is 4.17. The number of hydrogen-bond acceptors (Lipinski definition) is 7. The average molecular weight is 395 g/mol. The number of benzene rings is 2. The zero-order chi connectivity index (χ0) is 20.4. The first kappa shape index (κ1) is 19.8. The lowest BCUT2D eigenvalue weighted by Crippen LogP contribution is -2.36. The van der Waals surface area contributed by atoms with Crippen LogP contribution in [0.3, 0.4) is 0 Å². The number of nitro groups is 2. The van der Waals surface area contributed by atoms with Gasteiger partial charge in [-0.15, -0.1) is 0 Å². The first-order valence-corrected chi connectivity index (χ1v) is 8.72. The predicted octanol–water partition coefficient (Wildman–Crippen LogP) is 2.09. The summed E-state index contributed by atoms with van der Waals surface area (Å²) in [6.45, 7) is 0.370. The van der Waals surface area contributed by atoms with Crippen molar-refractivity contribution in [3.8, 4) is 0 Å². The molecule has 2 rings (SSSR count). The van der Waals surface area contributed by atoms with Crippen molar-refractivity contribution in [1.29, 1.82) is 0 Å². The van der Waals surface area contributed by atoms with Crippen LogP contribution in [0.25, 0.3) is 0 Å². The Bertz CT molecular complexity index is 1040. The molecule has 0 aliphatic heterocycles. The Kier molecular flexibility index (Phi) is 5.40. The second kappa shape index (κ2) is 7.37. The van der Waals surface area contributed by atoms with Crippen molar-refractivity contribution < 1.29 is 28.2 Å². The molecule has 27 heavy (non-hydrogen) atoms. The van der Waals surface area contributed by atoms with Crippen LogP contribution in [-0.2, 0) is 14.8 Å². The third-order valence-corrected chi connectivity index (χ3v) is 5.47. The molecule has 0 aliphatic carbocycles. The van der Waals surface area contributed by atoms with Gasteiger partial charge >= 0.3 is 5.97 Å². The van der Waals surface area contributed by atoms with Crippen molar-refractivity contribution in [1.82, 2.24) is 0 Å². The number of nitrogens with zero attached hydrogens (tertiary/aromatic N) is 3. The normalized spacial score (nSPS) is 11.0. The molecule has 12 heteroatoms. The lowest BCUT2D eigenvalue weighted by atomic mass is 10.2. The SMILES string of the molecule is Cc1ccc([N+](=O)[O-])cc1S(=O)(=O)N(CC(=O)O)c1cccc([N+](=O)[O-])c1. The second-order valence-corrected chi connectivity index (χ2v) is 7.22. The zero-order valence-corrected chi connectivity index (χ0v) is 14.6. The Morgan fingerprint density at radius 1 is 1.07 bits per heavy atom. The molecule has 2 aromatic rings. The molecule has 2 aromatic carbocycles. The number of carboxylic acid groups (broad SMARTS) is 1. The second-order valence-electron chi connectivity index (χ2n) is 5.39. The molecule has 0 amide bonds. The van der Waals surface area contributed by atoms with Gasteiger partial charge in [0, 0.05) is 24.3 Å². The van der Waals surface area contributed by atoms with E-state index in [9.17, 15) is 33.4 Å². The van der Waals surface area contributed by atoms with Crippen LogP contribution >= 0.6 is 0 Å². The molecule has 0 saturated carbocycles. The van der Waals surface area contributed by atoms with E-state index in [1.165, 1.54) is 25.1 Å². The molecular weight excluding hydrogens is 382 g/mol. The Balaban J connectivity index is 2.68. The third-order valence-electron chi connectivity index (χ3n) is 3.56. The van der Waals surface area contributed by atoms with Crippen LogP contribution in [-0.4, -0.2) is 35.9 Å². The van der Waals surface area contributed by atoms with Gasteiger partial charge in [-0.05, 0) is 18.6 Å². The largest absolute Gasteiger partial charge is 0.480 e. The van der Waals surface area contributed by atoms with E-state index in [1.54, 1.807) is 0 Å². The number of nitro benzene ring substituents is 2. The highest BCUT2D eigenvalue weighted by molar-refractivity contribution is 7.93. The predicted molar refractivity (Wildman–Crippen MR) is 93.1 cm³/mol. The molecule has 0 fully saturated rings. The summed E-state index contributed by atoms with van der Waals surface area (Å²) < 4.78 is 26.5. The van der Waals surface area contributed by atoms with Gasteiger partial charge in [-0.25, -0.2) is 8.42 Å². The molecule has 0 bridgehead atoms. The van der Waals surface area contributed by atoms with Gasteiger partial charge in [0.15, 0.2) is 0 Å². The maximum absolute atomic E-state index is 13.0. The maximum atomic E-state index is 13.0. The average Bonchev–Trinajstić information content (AvgIpc) is 2.59. The molecule has 0 radical (unpaired) electrons. The van der Waals surface area contributed by atoms with E-state index in [0.29, 0.717) is 4.31 Å². The van der Waals surface area contributed by atoms with E-state index in [-0.39, 0.29) is 11.3 Å². The zero-order valence-electron chi connectivity index (χ0n) is 13.8. The topological polar surface area (TPSA) is 161 Å². The van der Waals surface area contributed by atoms with Crippen molar-refractivity contribution in [2.75, 3.05) is 10.8 Å². The number of hydrogen-bond donors (Lipinski definition) is 1. The molecule has 1 N–H and O–H groups in total. The maximum Gasteiger partial charge on any atom is 0.324 e. The Morgan fingerprint density at radius 2 is 1.67 bits per heavy atom. The summed E-state index contributed by atoms with van der Waals surface area (Å²) in [5, 5.41) is 31.0. The minimum atomic E-state index is -4.55. The summed E-state index contributed by atoms with van der Waals surface area (Å²) in [4.78, 5) is 31.1. The Labute approximate surface area is 152 Å². The molecule has 0 aromatic heterocycles. The molecule has 0 atom stereocenters. The minimum Gasteiger partial charge on any atom is -0.480 e.